The van der Waals surface area contributed by atoms with Crippen molar-refractivity contribution in [2.24, 2.45) is 0 Å². The summed E-state index contributed by atoms with van der Waals surface area (Å²) in [5, 5.41) is 0. The molecule has 0 fully saturated rings. The van der Waals surface area contributed by atoms with Crippen molar-refractivity contribution >= 4 is 0 Å². The molecule has 0 atom stereocenters. The van der Waals surface area contributed by atoms with Crippen LogP contribution in [0.1, 0.15) is 11.4 Å². The quantitative estimate of drug-likeness (QED) is 0.754. The number of aromatic nitrogens is 3. The molecular formula is C11H5F6N3. The van der Waals surface area contributed by atoms with Crippen LogP contribution in [0.4, 0.5) is 26.3 Å². The Balaban J connectivity index is 2.38. The summed E-state index contributed by atoms with van der Waals surface area (Å²) < 4.78 is 74.3. The maximum Gasteiger partial charge on any atom is 0.433 e. The van der Waals surface area contributed by atoms with Crippen molar-refractivity contribution in [2.75, 3.05) is 0 Å². The van der Waals surface area contributed by atoms with E-state index >= 15 is 0 Å². The van der Waals surface area contributed by atoms with Gasteiger partial charge in [-0.3, -0.25) is 4.98 Å². The molecule has 0 saturated carbocycles. The summed E-state index contributed by atoms with van der Waals surface area (Å²) in [5.74, 6) is 0. The summed E-state index contributed by atoms with van der Waals surface area (Å²) >= 11 is 0. The molecule has 0 aliphatic heterocycles. The van der Waals surface area contributed by atoms with E-state index in [1.165, 1.54) is 0 Å². The molecule has 0 radical (unpaired) electrons. The van der Waals surface area contributed by atoms with E-state index in [0.717, 1.165) is 12.3 Å². The predicted molar refractivity (Wildman–Crippen MR) is 55.3 cm³/mol. The zero-order valence-corrected chi connectivity index (χ0v) is 9.50. The lowest BCUT2D eigenvalue weighted by molar-refractivity contribution is -0.141. The van der Waals surface area contributed by atoms with Gasteiger partial charge >= 0.3 is 12.4 Å². The van der Waals surface area contributed by atoms with Gasteiger partial charge in [0.1, 0.15) is 17.7 Å². The highest BCUT2D eigenvalue weighted by Gasteiger charge is 2.33. The molecular weight excluding hydrogens is 288 g/mol. The lowest BCUT2D eigenvalue weighted by Gasteiger charge is -2.08. The predicted octanol–water partition coefficient (Wildman–Crippen LogP) is 3.58. The van der Waals surface area contributed by atoms with Gasteiger partial charge in [-0.05, 0) is 18.2 Å². The number of hydrogen-bond donors (Lipinski definition) is 0. The van der Waals surface area contributed by atoms with Gasteiger partial charge in [0.15, 0.2) is 0 Å². The fraction of sp³-hybridized carbons (Fsp3) is 0.182. The monoisotopic (exact) mass is 293 g/mol. The molecule has 0 spiro atoms. The summed E-state index contributed by atoms with van der Waals surface area (Å²) in [4.78, 5) is 9.79. The smallest absolute Gasteiger partial charge is 0.251 e. The Hall–Kier alpha value is -2.19. The first kappa shape index (κ1) is 14.2. The second kappa shape index (κ2) is 4.73. The maximum atomic E-state index is 12.4. The van der Waals surface area contributed by atoms with Crippen molar-refractivity contribution in [1.82, 2.24) is 15.0 Å². The molecule has 0 aromatic carbocycles. The van der Waals surface area contributed by atoms with Gasteiger partial charge in [0, 0.05) is 11.8 Å². The van der Waals surface area contributed by atoms with Crippen LogP contribution in [0.15, 0.2) is 30.7 Å². The fourth-order valence-corrected chi connectivity index (χ4v) is 1.38. The highest BCUT2D eigenvalue weighted by Crippen LogP contribution is 2.31. The Morgan fingerprint density at radius 2 is 1.40 bits per heavy atom. The van der Waals surface area contributed by atoms with Gasteiger partial charge < -0.3 is 0 Å². The summed E-state index contributed by atoms with van der Waals surface area (Å²) in [6.07, 6.45) is -7.76. The topological polar surface area (TPSA) is 38.7 Å². The maximum absolute atomic E-state index is 12.4. The lowest BCUT2D eigenvalue weighted by Crippen LogP contribution is -2.09. The number of halogens is 6. The molecule has 9 heteroatoms. The van der Waals surface area contributed by atoms with Gasteiger partial charge in [-0.2, -0.15) is 26.3 Å². The molecule has 2 heterocycles. The highest BCUT2D eigenvalue weighted by atomic mass is 19.4. The fourth-order valence-electron chi connectivity index (χ4n) is 1.38. The van der Waals surface area contributed by atoms with E-state index < -0.39 is 23.7 Å². The van der Waals surface area contributed by atoms with Gasteiger partial charge in [0.2, 0.25) is 0 Å². The van der Waals surface area contributed by atoms with Crippen LogP contribution in [0.3, 0.4) is 0 Å². The molecule has 20 heavy (non-hydrogen) atoms. The molecule has 0 bridgehead atoms. The minimum Gasteiger partial charge on any atom is -0.251 e. The Labute approximate surface area is 108 Å². The number of alkyl halides is 6. The first-order valence-corrected chi connectivity index (χ1v) is 5.11. The van der Waals surface area contributed by atoms with Gasteiger partial charge in [-0.25, -0.2) is 9.97 Å². The van der Waals surface area contributed by atoms with E-state index in [9.17, 15) is 26.3 Å². The molecule has 106 valence electrons. The minimum absolute atomic E-state index is 0.0332. The Kier molecular flexibility index (Phi) is 3.36. The van der Waals surface area contributed by atoms with E-state index in [1.807, 2.05) is 0 Å². The summed E-state index contributed by atoms with van der Waals surface area (Å²) in [7, 11) is 0. The summed E-state index contributed by atoms with van der Waals surface area (Å²) in [6.45, 7) is 0. The summed E-state index contributed by atoms with van der Waals surface area (Å²) in [5.41, 5.74) is -2.44. The van der Waals surface area contributed by atoms with Crippen molar-refractivity contribution in [2.45, 2.75) is 12.4 Å². The number of nitrogens with zero attached hydrogens (tertiary/aromatic N) is 3. The van der Waals surface area contributed by atoms with E-state index in [-0.39, 0.29) is 11.3 Å². The van der Waals surface area contributed by atoms with Crippen LogP contribution in [0.5, 0.6) is 0 Å². The number of hydrogen-bond acceptors (Lipinski definition) is 3. The molecule has 0 saturated heterocycles. The molecule has 0 unspecified atom stereocenters. The van der Waals surface area contributed by atoms with Crippen LogP contribution >= 0.6 is 0 Å². The molecule has 0 amide bonds. The minimum atomic E-state index is -4.66. The summed E-state index contributed by atoms with van der Waals surface area (Å²) in [6, 6.07) is 2.31. The highest BCUT2D eigenvalue weighted by molar-refractivity contribution is 5.58. The van der Waals surface area contributed by atoms with Crippen LogP contribution in [-0.4, -0.2) is 15.0 Å². The Bertz CT molecular complexity index is 603. The van der Waals surface area contributed by atoms with E-state index in [1.54, 1.807) is 0 Å². The zero-order valence-electron chi connectivity index (χ0n) is 9.50. The normalized spacial score (nSPS) is 12.5. The van der Waals surface area contributed by atoms with E-state index in [2.05, 4.69) is 15.0 Å². The van der Waals surface area contributed by atoms with Crippen molar-refractivity contribution in [1.29, 1.82) is 0 Å². The van der Waals surface area contributed by atoms with Gasteiger partial charge in [-0.1, -0.05) is 0 Å². The molecule has 0 aliphatic rings. The number of rotatable bonds is 1. The second-order valence-corrected chi connectivity index (χ2v) is 3.72. The second-order valence-electron chi connectivity index (χ2n) is 3.72. The first-order valence-electron chi connectivity index (χ1n) is 5.11. The Morgan fingerprint density at radius 3 is 1.90 bits per heavy atom. The molecule has 3 nitrogen and oxygen atoms in total. The van der Waals surface area contributed by atoms with Crippen LogP contribution in [0, 0.1) is 0 Å². The molecule has 0 aliphatic carbocycles. The van der Waals surface area contributed by atoms with E-state index in [4.69, 9.17) is 0 Å². The van der Waals surface area contributed by atoms with Gasteiger partial charge in [0.25, 0.3) is 0 Å². The van der Waals surface area contributed by atoms with Crippen molar-refractivity contribution in [3.63, 3.8) is 0 Å². The largest absolute Gasteiger partial charge is 0.433 e. The average molecular weight is 293 g/mol. The zero-order chi connectivity index (χ0) is 15.0. The molecule has 0 N–H and O–H groups in total. The van der Waals surface area contributed by atoms with Gasteiger partial charge in [-0.15, -0.1) is 0 Å². The van der Waals surface area contributed by atoms with Crippen molar-refractivity contribution < 1.29 is 26.3 Å². The van der Waals surface area contributed by atoms with Gasteiger partial charge in [0.05, 0.1) is 5.69 Å². The third-order valence-electron chi connectivity index (χ3n) is 2.31. The third-order valence-corrected chi connectivity index (χ3v) is 2.31. The van der Waals surface area contributed by atoms with Crippen LogP contribution < -0.4 is 0 Å². The SMILES string of the molecule is FC(F)(F)c1ccc(-c2cc(C(F)(F)F)ncn2)cn1. The lowest BCUT2D eigenvalue weighted by atomic mass is 10.1. The molecule has 2 aromatic rings. The molecule has 2 rings (SSSR count). The van der Waals surface area contributed by atoms with Crippen LogP contribution in [-0.2, 0) is 12.4 Å². The third kappa shape index (κ3) is 3.03. The van der Waals surface area contributed by atoms with Crippen molar-refractivity contribution in [3.05, 3.63) is 42.1 Å². The van der Waals surface area contributed by atoms with Crippen LogP contribution in [0.25, 0.3) is 11.3 Å². The standard InChI is InChI=1S/C11H5F6N3/c12-10(13,14)8-2-1-6(4-18-8)7-3-9(11(15,16)17)20-5-19-7/h1-5H. The van der Waals surface area contributed by atoms with E-state index in [0.29, 0.717) is 18.5 Å². The Morgan fingerprint density at radius 1 is 0.750 bits per heavy atom. The first-order chi connectivity index (χ1) is 9.18. The molecule has 2 aromatic heterocycles. The van der Waals surface area contributed by atoms with Crippen molar-refractivity contribution in [3.8, 4) is 11.3 Å². The van der Waals surface area contributed by atoms with Crippen LogP contribution in [0.2, 0.25) is 0 Å². The average Bonchev–Trinajstić information content (AvgIpc) is 2.37. The number of pyridine rings is 1.